The van der Waals surface area contributed by atoms with Crippen LogP contribution in [-0.2, 0) is 5.41 Å². The molecule has 0 atom stereocenters. The van der Waals surface area contributed by atoms with Gasteiger partial charge < -0.3 is 0 Å². The minimum atomic E-state index is -0.387. The molecule has 38 heavy (non-hydrogen) atoms. The first-order valence-corrected chi connectivity index (χ1v) is 13.5. The van der Waals surface area contributed by atoms with Crippen LogP contribution in [0.4, 0.5) is 0 Å². The predicted octanol–water partition coefficient (Wildman–Crippen LogP) is 8.31. The Morgan fingerprint density at radius 2 is 0.895 bits per heavy atom. The van der Waals surface area contributed by atoms with Crippen molar-refractivity contribution in [2.75, 3.05) is 0 Å². The number of hydrogen-bond acceptors (Lipinski definition) is 3. The SMILES string of the molecule is Brc1nc(-c2ccccc2)nc(-c2ccc3c(c2)C2(c4ccccc4-c4ccccc42)c2ccccc2-3)n1. The minimum absolute atomic E-state index is 0.387. The van der Waals surface area contributed by atoms with Gasteiger partial charge in [0.15, 0.2) is 11.6 Å². The average Bonchev–Trinajstić information content (AvgIpc) is 3.44. The Kier molecular flexibility index (Phi) is 4.58. The van der Waals surface area contributed by atoms with Crippen LogP contribution in [0.5, 0.6) is 0 Å². The molecular weight excluding hydrogens is 530 g/mol. The zero-order valence-electron chi connectivity index (χ0n) is 20.3. The molecule has 8 rings (SSSR count). The lowest BCUT2D eigenvalue weighted by molar-refractivity contribution is 0.794. The molecule has 1 heterocycles. The van der Waals surface area contributed by atoms with E-state index in [9.17, 15) is 0 Å². The van der Waals surface area contributed by atoms with Gasteiger partial charge in [-0.05, 0) is 66.5 Å². The summed E-state index contributed by atoms with van der Waals surface area (Å²) in [5.74, 6) is 1.30. The van der Waals surface area contributed by atoms with Gasteiger partial charge >= 0.3 is 0 Å². The molecular formula is C34H20BrN3. The van der Waals surface area contributed by atoms with Crippen LogP contribution in [0.1, 0.15) is 22.3 Å². The van der Waals surface area contributed by atoms with E-state index in [0.717, 1.165) is 11.1 Å². The van der Waals surface area contributed by atoms with Gasteiger partial charge in [0.05, 0.1) is 5.41 Å². The van der Waals surface area contributed by atoms with Crippen LogP contribution in [0.3, 0.4) is 0 Å². The van der Waals surface area contributed by atoms with E-state index in [2.05, 4.69) is 112 Å². The minimum Gasteiger partial charge on any atom is -0.208 e. The summed E-state index contributed by atoms with van der Waals surface area (Å²) in [6.07, 6.45) is 0. The summed E-state index contributed by atoms with van der Waals surface area (Å²) in [5.41, 5.74) is 11.9. The fraction of sp³-hybridized carbons (Fsp3) is 0.0294. The van der Waals surface area contributed by atoms with Gasteiger partial charge in [0, 0.05) is 11.1 Å². The molecule has 0 saturated carbocycles. The summed E-state index contributed by atoms with van der Waals surface area (Å²) < 4.78 is 0.524. The molecule has 0 saturated heterocycles. The van der Waals surface area contributed by atoms with Crippen LogP contribution in [-0.4, -0.2) is 15.0 Å². The van der Waals surface area contributed by atoms with Gasteiger partial charge in [-0.15, -0.1) is 0 Å². The number of nitrogens with zero attached hydrogens (tertiary/aromatic N) is 3. The summed E-state index contributed by atoms with van der Waals surface area (Å²) in [4.78, 5) is 14.2. The molecule has 5 aromatic carbocycles. The topological polar surface area (TPSA) is 38.7 Å². The molecule has 178 valence electrons. The van der Waals surface area contributed by atoms with Crippen LogP contribution in [0.2, 0.25) is 0 Å². The highest BCUT2D eigenvalue weighted by atomic mass is 79.9. The Hall–Kier alpha value is -4.41. The lowest BCUT2D eigenvalue weighted by Crippen LogP contribution is -2.25. The van der Waals surface area contributed by atoms with Crippen molar-refractivity contribution < 1.29 is 0 Å². The van der Waals surface area contributed by atoms with Gasteiger partial charge in [-0.1, -0.05) is 115 Å². The van der Waals surface area contributed by atoms with E-state index in [-0.39, 0.29) is 5.41 Å². The number of aromatic nitrogens is 3. The van der Waals surface area contributed by atoms with Gasteiger partial charge in [-0.3, -0.25) is 0 Å². The second kappa shape index (κ2) is 8.04. The summed E-state index contributed by atoms with van der Waals surface area (Å²) in [6.45, 7) is 0. The smallest absolute Gasteiger partial charge is 0.200 e. The molecule has 0 fully saturated rings. The average molecular weight is 550 g/mol. The zero-order chi connectivity index (χ0) is 25.3. The Labute approximate surface area is 229 Å². The highest BCUT2D eigenvalue weighted by Gasteiger charge is 2.51. The van der Waals surface area contributed by atoms with Gasteiger partial charge in [-0.2, -0.15) is 0 Å². The Balaban J connectivity index is 1.42. The van der Waals surface area contributed by atoms with E-state index in [1.54, 1.807) is 0 Å². The second-order valence-corrected chi connectivity index (χ2v) is 10.5. The molecule has 1 aromatic heterocycles. The molecule has 0 bridgehead atoms. The van der Waals surface area contributed by atoms with E-state index < -0.39 is 0 Å². The highest BCUT2D eigenvalue weighted by Crippen LogP contribution is 2.62. The van der Waals surface area contributed by atoms with E-state index >= 15 is 0 Å². The largest absolute Gasteiger partial charge is 0.208 e. The first-order chi connectivity index (χ1) is 18.7. The molecule has 6 aromatic rings. The molecule has 3 nitrogen and oxygen atoms in total. The van der Waals surface area contributed by atoms with E-state index in [1.165, 1.54) is 44.5 Å². The Morgan fingerprint density at radius 3 is 1.47 bits per heavy atom. The summed E-state index contributed by atoms with van der Waals surface area (Å²) in [5, 5.41) is 0. The monoisotopic (exact) mass is 549 g/mol. The van der Waals surface area contributed by atoms with Crippen molar-refractivity contribution in [2.45, 2.75) is 5.41 Å². The van der Waals surface area contributed by atoms with Gasteiger partial charge in [0.1, 0.15) is 0 Å². The van der Waals surface area contributed by atoms with E-state index in [0.29, 0.717) is 16.4 Å². The molecule has 4 heteroatoms. The number of benzene rings is 5. The quantitative estimate of drug-likeness (QED) is 0.217. The third-order valence-electron chi connectivity index (χ3n) is 7.90. The molecule has 2 aliphatic rings. The van der Waals surface area contributed by atoms with Gasteiger partial charge in [0.25, 0.3) is 0 Å². The molecule has 0 unspecified atom stereocenters. The van der Waals surface area contributed by atoms with E-state index in [1.807, 2.05) is 30.3 Å². The van der Waals surface area contributed by atoms with Crippen molar-refractivity contribution in [3.05, 3.63) is 148 Å². The summed E-state index contributed by atoms with van der Waals surface area (Å²) in [7, 11) is 0. The van der Waals surface area contributed by atoms with Crippen molar-refractivity contribution >= 4 is 15.9 Å². The number of rotatable bonds is 2. The second-order valence-electron chi connectivity index (χ2n) is 9.76. The lowest BCUT2D eigenvalue weighted by Gasteiger charge is -2.30. The molecule has 0 amide bonds. The number of hydrogen-bond donors (Lipinski definition) is 0. The number of halogens is 1. The van der Waals surface area contributed by atoms with Gasteiger partial charge in [0.2, 0.25) is 4.73 Å². The molecule has 0 aliphatic heterocycles. The van der Waals surface area contributed by atoms with Crippen molar-refractivity contribution in [1.29, 1.82) is 0 Å². The standard InChI is InChI=1S/C34H20BrN3/c35-33-37-31(21-10-2-1-3-11-21)36-32(38-33)22-18-19-26-25-14-6-9-17-29(25)34(30(26)20-22)27-15-7-4-12-23(27)24-13-5-8-16-28(24)34/h1-20H. The van der Waals surface area contributed by atoms with Gasteiger partial charge in [-0.25, -0.2) is 15.0 Å². The predicted molar refractivity (Wildman–Crippen MR) is 155 cm³/mol. The summed E-state index contributed by atoms with van der Waals surface area (Å²) in [6, 6.07) is 43.2. The molecule has 1 spiro atoms. The van der Waals surface area contributed by atoms with Crippen molar-refractivity contribution in [2.24, 2.45) is 0 Å². The fourth-order valence-electron chi connectivity index (χ4n) is 6.43. The van der Waals surface area contributed by atoms with Crippen LogP contribution in [0.15, 0.2) is 126 Å². The number of fused-ring (bicyclic) bond motifs is 10. The first kappa shape index (κ1) is 21.7. The maximum absolute atomic E-state index is 4.90. The first-order valence-electron chi connectivity index (χ1n) is 12.7. The maximum atomic E-state index is 4.90. The normalized spacial score (nSPS) is 13.6. The fourth-order valence-corrected chi connectivity index (χ4v) is 6.77. The van der Waals surface area contributed by atoms with Crippen LogP contribution in [0, 0.1) is 0 Å². The van der Waals surface area contributed by atoms with Crippen molar-refractivity contribution in [1.82, 2.24) is 15.0 Å². The van der Waals surface area contributed by atoms with Crippen molar-refractivity contribution in [3.63, 3.8) is 0 Å². The highest BCUT2D eigenvalue weighted by molar-refractivity contribution is 9.10. The Morgan fingerprint density at radius 1 is 0.421 bits per heavy atom. The molecule has 2 aliphatic carbocycles. The summed E-state index contributed by atoms with van der Waals surface area (Å²) >= 11 is 3.53. The van der Waals surface area contributed by atoms with Crippen LogP contribution in [0.25, 0.3) is 45.0 Å². The third-order valence-corrected chi connectivity index (χ3v) is 8.25. The van der Waals surface area contributed by atoms with Crippen LogP contribution >= 0.6 is 15.9 Å². The lowest BCUT2D eigenvalue weighted by atomic mass is 9.70. The maximum Gasteiger partial charge on any atom is 0.200 e. The third kappa shape index (κ3) is 2.86. The van der Waals surface area contributed by atoms with E-state index in [4.69, 9.17) is 9.97 Å². The van der Waals surface area contributed by atoms with Crippen molar-refractivity contribution in [3.8, 4) is 45.0 Å². The Bertz CT molecular complexity index is 1830. The zero-order valence-corrected chi connectivity index (χ0v) is 21.9. The van der Waals surface area contributed by atoms with Crippen LogP contribution < -0.4 is 0 Å². The molecule has 0 N–H and O–H groups in total. The molecule has 0 radical (unpaired) electrons.